The lowest BCUT2D eigenvalue weighted by atomic mass is 10.2. The van der Waals surface area contributed by atoms with E-state index in [4.69, 9.17) is 10.5 Å². The topological polar surface area (TPSA) is 71.7 Å². The summed E-state index contributed by atoms with van der Waals surface area (Å²) in [7, 11) is 1.56. The summed E-state index contributed by atoms with van der Waals surface area (Å²) in [6.07, 6.45) is 0. The molecule has 1 aliphatic heterocycles. The van der Waals surface area contributed by atoms with E-state index in [1.165, 1.54) is 4.70 Å². The zero-order chi connectivity index (χ0) is 16.2. The second-order valence-electron chi connectivity index (χ2n) is 5.74. The molecule has 23 heavy (non-hydrogen) atoms. The number of hydrogen-bond donors (Lipinski definition) is 1. The van der Waals surface area contributed by atoms with Crippen molar-refractivity contribution in [2.24, 2.45) is 5.73 Å². The fraction of sp³-hybridized carbons (Fsp3) is 0.500. The van der Waals surface area contributed by atoms with Gasteiger partial charge in [-0.1, -0.05) is 12.1 Å². The quantitative estimate of drug-likeness (QED) is 0.880. The third-order valence-electron chi connectivity index (χ3n) is 4.04. The number of aromatic nitrogens is 1. The number of ether oxygens (including phenoxy) is 1. The van der Waals surface area contributed by atoms with Crippen molar-refractivity contribution in [2.45, 2.75) is 12.6 Å². The van der Waals surface area contributed by atoms with Gasteiger partial charge in [0, 0.05) is 33.3 Å². The first-order chi connectivity index (χ1) is 11.2. The Morgan fingerprint density at radius 3 is 2.78 bits per heavy atom. The molecule has 1 saturated heterocycles. The predicted molar refractivity (Wildman–Crippen MR) is 91.3 cm³/mol. The Labute approximate surface area is 139 Å². The van der Waals surface area contributed by atoms with Gasteiger partial charge >= 0.3 is 0 Å². The summed E-state index contributed by atoms with van der Waals surface area (Å²) in [6.45, 7) is 4.22. The standard InChI is InChI=1S/C16H22N4O2S/c1-22-11-12(17)16(21)20-8-6-19(7-9-20)10-15-18-13-4-2-3-5-14(13)23-15/h2-5,12H,6-11,17H2,1H3. The smallest absolute Gasteiger partial charge is 0.241 e. The lowest BCUT2D eigenvalue weighted by Gasteiger charge is -2.35. The highest BCUT2D eigenvalue weighted by Gasteiger charge is 2.25. The highest BCUT2D eigenvalue weighted by Crippen LogP contribution is 2.23. The minimum absolute atomic E-state index is 0.0218. The minimum atomic E-state index is -0.559. The molecular weight excluding hydrogens is 312 g/mol. The van der Waals surface area contributed by atoms with Crippen molar-refractivity contribution in [3.8, 4) is 0 Å². The van der Waals surface area contributed by atoms with Crippen molar-refractivity contribution in [3.05, 3.63) is 29.3 Å². The molecule has 1 atom stereocenters. The monoisotopic (exact) mass is 334 g/mol. The van der Waals surface area contributed by atoms with Gasteiger partial charge in [-0.3, -0.25) is 9.69 Å². The van der Waals surface area contributed by atoms with Crippen molar-refractivity contribution < 1.29 is 9.53 Å². The Bertz CT molecular complexity index is 634. The largest absolute Gasteiger partial charge is 0.383 e. The molecule has 1 aromatic carbocycles. The van der Waals surface area contributed by atoms with E-state index >= 15 is 0 Å². The van der Waals surface area contributed by atoms with Crippen LogP contribution >= 0.6 is 11.3 Å². The van der Waals surface area contributed by atoms with Gasteiger partial charge in [0.15, 0.2) is 0 Å². The van der Waals surface area contributed by atoms with Gasteiger partial charge in [0.2, 0.25) is 5.91 Å². The number of nitrogens with zero attached hydrogens (tertiary/aromatic N) is 3. The van der Waals surface area contributed by atoms with Crippen molar-refractivity contribution in [1.29, 1.82) is 0 Å². The molecule has 1 aliphatic rings. The molecule has 0 aliphatic carbocycles. The number of rotatable bonds is 5. The van der Waals surface area contributed by atoms with Gasteiger partial charge in [-0.15, -0.1) is 11.3 Å². The van der Waals surface area contributed by atoms with E-state index < -0.39 is 6.04 Å². The van der Waals surface area contributed by atoms with Crippen LogP contribution in [0.15, 0.2) is 24.3 Å². The molecule has 2 heterocycles. The molecule has 0 radical (unpaired) electrons. The van der Waals surface area contributed by atoms with E-state index in [9.17, 15) is 4.79 Å². The van der Waals surface area contributed by atoms with E-state index in [1.54, 1.807) is 18.4 Å². The molecule has 0 saturated carbocycles. The second kappa shape index (κ2) is 7.35. The summed E-state index contributed by atoms with van der Waals surface area (Å²) in [4.78, 5) is 21.0. The Kier molecular flexibility index (Phi) is 5.22. The zero-order valence-corrected chi connectivity index (χ0v) is 14.1. The van der Waals surface area contributed by atoms with Crippen molar-refractivity contribution >= 4 is 27.5 Å². The van der Waals surface area contributed by atoms with Gasteiger partial charge in [0.25, 0.3) is 0 Å². The number of methoxy groups -OCH3 is 1. The maximum Gasteiger partial charge on any atom is 0.241 e. The maximum absolute atomic E-state index is 12.2. The van der Waals surface area contributed by atoms with Gasteiger partial charge < -0.3 is 15.4 Å². The van der Waals surface area contributed by atoms with E-state index in [1.807, 2.05) is 23.1 Å². The van der Waals surface area contributed by atoms with E-state index in [0.29, 0.717) is 13.1 Å². The SMILES string of the molecule is COCC(N)C(=O)N1CCN(Cc2nc3ccccc3s2)CC1. The molecule has 1 unspecified atom stereocenters. The van der Waals surface area contributed by atoms with Crippen LogP contribution in [-0.4, -0.2) is 66.6 Å². The van der Waals surface area contributed by atoms with E-state index in [0.717, 1.165) is 30.2 Å². The molecule has 1 aromatic heterocycles. The Hall–Kier alpha value is -1.54. The van der Waals surface area contributed by atoms with Crippen LogP contribution in [0.2, 0.25) is 0 Å². The number of piperazine rings is 1. The van der Waals surface area contributed by atoms with Crippen molar-refractivity contribution in [3.63, 3.8) is 0 Å². The van der Waals surface area contributed by atoms with Gasteiger partial charge in [0.1, 0.15) is 11.0 Å². The number of carbonyl (C=O) groups excluding carboxylic acids is 1. The number of thiazole rings is 1. The normalized spacial score (nSPS) is 17.6. The second-order valence-corrected chi connectivity index (χ2v) is 6.85. The summed E-state index contributed by atoms with van der Waals surface area (Å²) in [5.74, 6) is -0.0218. The highest BCUT2D eigenvalue weighted by molar-refractivity contribution is 7.18. The Morgan fingerprint density at radius 1 is 1.35 bits per heavy atom. The van der Waals surface area contributed by atoms with Crippen LogP contribution in [0.1, 0.15) is 5.01 Å². The predicted octanol–water partition coefficient (Wildman–Crippen LogP) is 0.914. The molecule has 1 amide bonds. The van der Waals surface area contributed by atoms with Crippen LogP contribution in [-0.2, 0) is 16.1 Å². The van der Waals surface area contributed by atoms with Gasteiger partial charge in [-0.2, -0.15) is 0 Å². The van der Waals surface area contributed by atoms with E-state index in [-0.39, 0.29) is 12.5 Å². The van der Waals surface area contributed by atoms with Crippen molar-refractivity contribution in [2.75, 3.05) is 39.9 Å². The van der Waals surface area contributed by atoms with Gasteiger partial charge in [-0.25, -0.2) is 4.98 Å². The van der Waals surface area contributed by atoms with Crippen LogP contribution in [0, 0.1) is 0 Å². The Balaban J connectivity index is 1.53. The van der Waals surface area contributed by atoms with Crippen LogP contribution in [0.25, 0.3) is 10.2 Å². The van der Waals surface area contributed by atoms with Crippen LogP contribution in [0.3, 0.4) is 0 Å². The molecule has 6 nitrogen and oxygen atoms in total. The number of para-hydroxylation sites is 1. The Morgan fingerprint density at radius 2 is 2.09 bits per heavy atom. The van der Waals surface area contributed by atoms with Crippen LogP contribution in [0.5, 0.6) is 0 Å². The molecular formula is C16H22N4O2S. The van der Waals surface area contributed by atoms with Gasteiger partial charge in [0.05, 0.1) is 23.4 Å². The number of benzene rings is 1. The maximum atomic E-state index is 12.2. The number of amides is 1. The first kappa shape index (κ1) is 16.3. The lowest BCUT2D eigenvalue weighted by molar-refractivity contribution is -0.135. The molecule has 1 fully saturated rings. The zero-order valence-electron chi connectivity index (χ0n) is 13.3. The third-order valence-corrected chi connectivity index (χ3v) is 5.07. The van der Waals surface area contributed by atoms with Crippen LogP contribution < -0.4 is 5.73 Å². The molecule has 2 N–H and O–H groups in total. The molecule has 2 aromatic rings. The molecule has 3 rings (SSSR count). The van der Waals surface area contributed by atoms with Gasteiger partial charge in [-0.05, 0) is 12.1 Å². The number of fused-ring (bicyclic) bond motifs is 1. The molecule has 124 valence electrons. The molecule has 0 spiro atoms. The fourth-order valence-corrected chi connectivity index (χ4v) is 3.80. The first-order valence-corrected chi connectivity index (χ1v) is 8.59. The summed E-state index contributed by atoms with van der Waals surface area (Å²) in [5, 5.41) is 1.13. The summed E-state index contributed by atoms with van der Waals surface area (Å²) < 4.78 is 6.18. The van der Waals surface area contributed by atoms with Crippen LogP contribution in [0.4, 0.5) is 0 Å². The molecule has 0 bridgehead atoms. The van der Waals surface area contributed by atoms with E-state index in [2.05, 4.69) is 16.0 Å². The van der Waals surface area contributed by atoms with Crippen molar-refractivity contribution in [1.82, 2.24) is 14.8 Å². The summed E-state index contributed by atoms with van der Waals surface area (Å²) in [5.41, 5.74) is 6.88. The summed E-state index contributed by atoms with van der Waals surface area (Å²) >= 11 is 1.74. The number of carbonyl (C=O) groups is 1. The number of nitrogens with two attached hydrogens (primary N) is 1. The average Bonchev–Trinajstić information content (AvgIpc) is 2.97. The third kappa shape index (κ3) is 3.87. The minimum Gasteiger partial charge on any atom is -0.383 e. The average molecular weight is 334 g/mol. The fourth-order valence-electron chi connectivity index (χ4n) is 2.79. The number of hydrogen-bond acceptors (Lipinski definition) is 6. The lowest BCUT2D eigenvalue weighted by Crippen LogP contribution is -2.53. The highest BCUT2D eigenvalue weighted by atomic mass is 32.1. The summed E-state index contributed by atoms with van der Waals surface area (Å²) in [6, 6.07) is 7.64. The first-order valence-electron chi connectivity index (χ1n) is 7.77. The molecule has 7 heteroatoms.